The highest BCUT2D eigenvalue weighted by molar-refractivity contribution is 7.21. The third-order valence-corrected chi connectivity index (χ3v) is 4.43. The highest BCUT2D eigenvalue weighted by Gasteiger charge is 2.11. The SMILES string of the molecule is CCOC(=O)N/N=C(/C)c1sc2ccc(Cl)cc2c1C. The van der Waals surface area contributed by atoms with Crippen molar-refractivity contribution < 1.29 is 9.53 Å². The normalized spacial score (nSPS) is 11.7. The van der Waals surface area contributed by atoms with E-state index in [1.165, 1.54) is 0 Å². The maximum atomic E-state index is 11.2. The number of carbonyl (C=O) groups excluding carboxylic acids is 1. The summed E-state index contributed by atoms with van der Waals surface area (Å²) in [7, 11) is 0. The Hall–Kier alpha value is -1.59. The zero-order valence-corrected chi connectivity index (χ0v) is 13.1. The zero-order valence-electron chi connectivity index (χ0n) is 11.5. The lowest BCUT2D eigenvalue weighted by Gasteiger charge is -2.02. The van der Waals surface area contributed by atoms with Crippen molar-refractivity contribution in [3.63, 3.8) is 0 Å². The second-order valence-electron chi connectivity index (χ2n) is 4.23. The van der Waals surface area contributed by atoms with Crippen molar-refractivity contribution >= 4 is 44.8 Å². The lowest BCUT2D eigenvalue weighted by Crippen LogP contribution is -2.20. The Kier molecular flexibility index (Phi) is 4.62. The third-order valence-electron chi connectivity index (χ3n) is 2.82. The minimum absolute atomic E-state index is 0.320. The molecule has 4 nitrogen and oxygen atoms in total. The molecule has 106 valence electrons. The van der Waals surface area contributed by atoms with E-state index in [1.807, 2.05) is 32.0 Å². The fourth-order valence-electron chi connectivity index (χ4n) is 1.88. The average Bonchev–Trinajstić information content (AvgIpc) is 2.74. The van der Waals surface area contributed by atoms with Gasteiger partial charge in [0.05, 0.1) is 17.2 Å². The standard InChI is InChI=1S/C14H15ClN2O2S/c1-4-19-14(18)17-16-9(3)13-8(2)11-7-10(15)5-6-12(11)20-13/h5-7H,4H2,1-3H3,(H,17,18)/b16-9-. The summed E-state index contributed by atoms with van der Waals surface area (Å²) in [6, 6.07) is 5.80. The number of amides is 1. The molecule has 0 saturated carbocycles. The number of hydrogen-bond acceptors (Lipinski definition) is 4. The second-order valence-corrected chi connectivity index (χ2v) is 5.71. The van der Waals surface area contributed by atoms with Gasteiger partial charge in [0.15, 0.2) is 0 Å². The summed E-state index contributed by atoms with van der Waals surface area (Å²) in [4.78, 5) is 12.3. The maximum Gasteiger partial charge on any atom is 0.427 e. The van der Waals surface area contributed by atoms with Gasteiger partial charge in [-0.3, -0.25) is 0 Å². The van der Waals surface area contributed by atoms with Crippen LogP contribution in [0.15, 0.2) is 23.3 Å². The van der Waals surface area contributed by atoms with E-state index in [4.69, 9.17) is 16.3 Å². The van der Waals surface area contributed by atoms with Crippen LogP contribution in [-0.4, -0.2) is 18.4 Å². The first kappa shape index (κ1) is 14.8. The summed E-state index contributed by atoms with van der Waals surface area (Å²) in [5.74, 6) is 0. The molecule has 1 N–H and O–H groups in total. The van der Waals surface area contributed by atoms with Crippen LogP contribution < -0.4 is 5.43 Å². The number of fused-ring (bicyclic) bond motifs is 1. The van der Waals surface area contributed by atoms with E-state index in [9.17, 15) is 4.79 Å². The molecular formula is C14H15ClN2O2S. The molecule has 0 atom stereocenters. The van der Waals surface area contributed by atoms with Crippen LogP contribution in [0, 0.1) is 6.92 Å². The number of nitrogens with zero attached hydrogens (tertiary/aromatic N) is 1. The molecule has 1 aromatic heterocycles. The zero-order chi connectivity index (χ0) is 14.7. The van der Waals surface area contributed by atoms with Gasteiger partial charge in [0.25, 0.3) is 0 Å². The molecule has 1 amide bonds. The topological polar surface area (TPSA) is 50.7 Å². The molecule has 0 spiro atoms. The van der Waals surface area contributed by atoms with Crippen LogP contribution in [0.2, 0.25) is 5.02 Å². The summed E-state index contributed by atoms with van der Waals surface area (Å²) in [5.41, 5.74) is 4.23. The van der Waals surface area contributed by atoms with Crippen LogP contribution in [0.4, 0.5) is 4.79 Å². The van der Waals surface area contributed by atoms with Crippen molar-refractivity contribution in [2.75, 3.05) is 6.61 Å². The number of ether oxygens (including phenoxy) is 1. The number of rotatable bonds is 3. The van der Waals surface area contributed by atoms with Gasteiger partial charge in [-0.2, -0.15) is 5.10 Å². The van der Waals surface area contributed by atoms with E-state index in [-0.39, 0.29) is 0 Å². The Morgan fingerprint density at radius 2 is 2.25 bits per heavy atom. The second kappa shape index (κ2) is 6.24. The van der Waals surface area contributed by atoms with Gasteiger partial charge in [-0.05, 0) is 49.9 Å². The molecule has 2 aromatic rings. The van der Waals surface area contributed by atoms with Crippen LogP contribution in [0.3, 0.4) is 0 Å². The Morgan fingerprint density at radius 3 is 2.95 bits per heavy atom. The van der Waals surface area contributed by atoms with E-state index in [1.54, 1.807) is 18.3 Å². The summed E-state index contributed by atoms with van der Waals surface area (Å²) < 4.78 is 5.91. The van der Waals surface area contributed by atoms with Gasteiger partial charge >= 0.3 is 6.09 Å². The van der Waals surface area contributed by atoms with E-state index in [0.29, 0.717) is 11.6 Å². The number of hydrogen-bond donors (Lipinski definition) is 1. The van der Waals surface area contributed by atoms with Gasteiger partial charge in [0, 0.05) is 9.72 Å². The lowest BCUT2D eigenvalue weighted by molar-refractivity contribution is 0.152. The quantitative estimate of drug-likeness (QED) is 0.677. The van der Waals surface area contributed by atoms with Crippen molar-refractivity contribution in [3.05, 3.63) is 33.7 Å². The largest absolute Gasteiger partial charge is 0.449 e. The van der Waals surface area contributed by atoms with Crippen molar-refractivity contribution in [3.8, 4) is 0 Å². The molecule has 0 aliphatic rings. The Morgan fingerprint density at radius 1 is 1.50 bits per heavy atom. The van der Waals surface area contributed by atoms with E-state index in [2.05, 4.69) is 10.5 Å². The fraction of sp³-hybridized carbons (Fsp3) is 0.286. The lowest BCUT2D eigenvalue weighted by atomic mass is 10.1. The molecule has 0 aliphatic carbocycles. The highest BCUT2D eigenvalue weighted by atomic mass is 35.5. The number of thiophene rings is 1. The summed E-state index contributed by atoms with van der Waals surface area (Å²) >= 11 is 7.64. The van der Waals surface area contributed by atoms with Gasteiger partial charge in [-0.15, -0.1) is 11.3 Å². The van der Waals surface area contributed by atoms with Gasteiger partial charge < -0.3 is 4.74 Å². The Bertz CT molecular complexity index is 679. The smallest absolute Gasteiger partial charge is 0.427 e. The predicted molar refractivity (Wildman–Crippen MR) is 83.9 cm³/mol. The van der Waals surface area contributed by atoms with Gasteiger partial charge in [0.2, 0.25) is 0 Å². The summed E-state index contributed by atoms with van der Waals surface area (Å²) in [6.45, 7) is 5.94. The molecule has 1 heterocycles. The van der Waals surface area contributed by atoms with Crippen molar-refractivity contribution in [2.24, 2.45) is 5.10 Å². The first-order valence-corrected chi connectivity index (χ1v) is 7.38. The highest BCUT2D eigenvalue weighted by Crippen LogP contribution is 2.32. The minimum Gasteiger partial charge on any atom is -0.449 e. The monoisotopic (exact) mass is 310 g/mol. The van der Waals surface area contributed by atoms with Crippen LogP contribution in [0.1, 0.15) is 24.3 Å². The first-order chi connectivity index (χ1) is 9.52. The summed E-state index contributed by atoms with van der Waals surface area (Å²) in [6.07, 6.45) is -0.548. The number of carbonyl (C=O) groups is 1. The third kappa shape index (κ3) is 3.11. The molecule has 0 saturated heterocycles. The number of nitrogens with one attached hydrogen (secondary N) is 1. The van der Waals surface area contributed by atoms with Crippen LogP contribution >= 0.6 is 22.9 Å². The number of aryl methyl sites for hydroxylation is 1. The predicted octanol–water partition coefficient (Wildman–Crippen LogP) is 4.33. The molecule has 0 radical (unpaired) electrons. The first-order valence-electron chi connectivity index (χ1n) is 6.19. The number of halogens is 1. The molecule has 6 heteroatoms. The Balaban J connectivity index is 2.30. The molecule has 0 fully saturated rings. The van der Waals surface area contributed by atoms with Gasteiger partial charge in [-0.1, -0.05) is 11.6 Å². The Labute approximate surface area is 126 Å². The molecule has 20 heavy (non-hydrogen) atoms. The number of benzene rings is 1. The molecule has 2 rings (SSSR count). The van der Waals surface area contributed by atoms with E-state index < -0.39 is 6.09 Å². The molecule has 0 aliphatic heterocycles. The van der Waals surface area contributed by atoms with Crippen molar-refractivity contribution in [1.82, 2.24) is 5.43 Å². The van der Waals surface area contributed by atoms with Gasteiger partial charge in [-0.25, -0.2) is 10.2 Å². The minimum atomic E-state index is -0.548. The molecule has 1 aromatic carbocycles. The summed E-state index contributed by atoms with van der Waals surface area (Å²) in [5, 5.41) is 5.89. The van der Waals surface area contributed by atoms with E-state index >= 15 is 0 Å². The molecule has 0 unspecified atom stereocenters. The molecular weight excluding hydrogens is 296 g/mol. The number of hydrazone groups is 1. The van der Waals surface area contributed by atoms with Crippen LogP contribution in [-0.2, 0) is 4.74 Å². The van der Waals surface area contributed by atoms with Crippen molar-refractivity contribution in [2.45, 2.75) is 20.8 Å². The average molecular weight is 311 g/mol. The van der Waals surface area contributed by atoms with Crippen LogP contribution in [0.5, 0.6) is 0 Å². The fourth-order valence-corrected chi connectivity index (χ4v) is 3.19. The van der Waals surface area contributed by atoms with Crippen molar-refractivity contribution in [1.29, 1.82) is 0 Å². The van der Waals surface area contributed by atoms with E-state index in [0.717, 1.165) is 26.2 Å². The molecule has 0 bridgehead atoms. The van der Waals surface area contributed by atoms with Gasteiger partial charge in [0.1, 0.15) is 0 Å². The maximum absolute atomic E-state index is 11.2. The van der Waals surface area contributed by atoms with Crippen LogP contribution in [0.25, 0.3) is 10.1 Å².